The van der Waals surface area contributed by atoms with Crippen molar-refractivity contribution in [3.05, 3.63) is 52.9 Å². The molecule has 0 N–H and O–H groups in total. The van der Waals surface area contributed by atoms with Crippen LogP contribution in [0.15, 0.2) is 36.5 Å². The van der Waals surface area contributed by atoms with Gasteiger partial charge in [0.15, 0.2) is 5.65 Å². The number of hydrogen-bond donors (Lipinski definition) is 0. The van der Waals surface area contributed by atoms with Crippen molar-refractivity contribution in [2.45, 2.75) is 33.1 Å². The van der Waals surface area contributed by atoms with Crippen molar-refractivity contribution in [2.24, 2.45) is 0 Å². The Hall–Kier alpha value is -1.87. The Morgan fingerprint density at radius 2 is 1.76 bits per heavy atom. The second-order valence-electron chi connectivity index (χ2n) is 6.33. The van der Waals surface area contributed by atoms with E-state index < -0.39 is 0 Å². The number of aryl methyl sites for hydroxylation is 1. The maximum absolute atomic E-state index is 5.97. The summed E-state index contributed by atoms with van der Waals surface area (Å²) in [5.74, 6) is 0. The third-order valence-corrected chi connectivity index (χ3v) is 3.78. The van der Waals surface area contributed by atoms with E-state index in [1.807, 2.05) is 41.9 Å². The smallest absolute Gasteiger partial charge is 0.163 e. The van der Waals surface area contributed by atoms with E-state index in [4.69, 9.17) is 11.6 Å². The second kappa shape index (κ2) is 4.85. The molecule has 0 aliphatic rings. The minimum absolute atomic E-state index is 0.00916. The Bertz CT molecular complexity index is 795. The summed E-state index contributed by atoms with van der Waals surface area (Å²) in [4.78, 5) is 4.68. The molecule has 0 radical (unpaired) electrons. The number of benzene rings is 1. The summed E-state index contributed by atoms with van der Waals surface area (Å²) in [6.45, 7) is 8.58. The molecule has 0 saturated carbocycles. The fraction of sp³-hybridized carbons (Fsp3) is 0.294. The van der Waals surface area contributed by atoms with E-state index in [9.17, 15) is 0 Å². The van der Waals surface area contributed by atoms with Gasteiger partial charge in [0, 0.05) is 21.7 Å². The first-order valence-electron chi connectivity index (χ1n) is 6.98. The van der Waals surface area contributed by atoms with Crippen LogP contribution in [0, 0.1) is 6.92 Å². The molecule has 0 atom stereocenters. The fourth-order valence-corrected chi connectivity index (χ4v) is 2.58. The van der Waals surface area contributed by atoms with E-state index in [-0.39, 0.29) is 5.41 Å². The highest BCUT2D eigenvalue weighted by Crippen LogP contribution is 2.29. The molecule has 0 aliphatic heterocycles. The lowest BCUT2D eigenvalue weighted by Gasteiger charge is -2.20. The first kappa shape index (κ1) is 14.1. The van der Waals surface area contributed by atoms with E-state index >= 15 is 0 Å². The Balaban J connectivity index is 2.27. The topological polar surface area (TPSA) is 30.2 Å². The summed E-state index contributed by atoms with van der Waals surface area (Å²) in [5.41, 5.74) is 5.17. The van der Waals surface area contributed by atoms with Crippen LogP contribution in [-0.2, 0) is 5.41 Å². The number of fused-ring (bicyclic) bond motifs is 1. The summed E-state index contributed by atoms with van der Waals surface area (Å²) in [5, 5.41) is 5.28. The van der Waals surface area contributed by atoms with Gasteiger partial charge in [0.05, 0.1) is 11.9 Å². The summed E-state index contributed by atoms with van der Waals surface area (Å²) < 4.78 is 1.94. The molecular weight excluding hydrogens is 282 g/mol. The zero-order valence-electron chi connectivity index (χ0n) is 12.7. The van der Waals surface area contributed by atoms with Crippen molar-refractivity contribution in [1.29, 1.82) is 0 Å². The SMILES string of the molecule is Cc1cc(C(C)(C)C)n2ncc(-c3ccc(Cl)cc3)c2n1. The number of halogens is 1. The normalized spacial score (nSPS) is 12.0. The van der Waals surface area contributed by atoms with E-state index in [2.05, 4.69) is 36.9 Å². The lowest BCUT2D eigenvalue weighted by molar-refractivity contribution is 0.545. The second-order valence-corrected chi connectivity index (χ2v) is 6.77. The van der Waals surface area contributed by atoms with Crippen LogP contribution in [-0.4, -0.2) is 14.6 Å². The van der Waals surface area contributed by atoms with Crippen molar-refractivity contribution in [3.8, 4) is 11.1 Å². The zero-order valence-corrected chi connectivity index (χ0v) is 13.4. The Kier molecular flexibility index (Phi) is 3.25. The van der Waals surface area contributed by atoms with E-state index in [0.717, 1.165) is 33.2 Å². The molecule has 0 unspecified atom stereocenters. The first-order valence-corrected chi connectivity index (χ1v) is 7.36. The van der Waals surface area contributed by atoms with Crippen LogP contribution in [0.4, 0.5) is 0 Å². The van der Waals surface area contributed by atoms with E-state index in [1.54, 1.807) is 0 Å². The third-order valence-electron chi connectivity index (χ3n) is 3.52. The van der Waals surface area contributed by atoms with Crippen molar-refractivity contribution >= 4 is 17.2 Å². The fourth-order valence-electron chi connectivity index (χ4n) is 2.45. The van der Waals surface area contributed by atoms with Crippen LogP contribution in [0.5, 0.6) is 0 Å². The van der Waals surface area contributed by atoms with Crippen molar-refractivity contribution in [1.82, 2.24) is 14.6 Å². The van der Waals surface area contributed by atoms with Crippen molar-refractivity contribution < 1.29 is 0 Å². The molecule has 1 aromatic carbocycles. The predicted molar refractivity (Wildman–Crippen MR) is 86.9 cm³/mol. The molecule has 4 heteroatoms. The van der Waals surface area contributed by atoms with Gasteiger partial charge in [-0.2, -0.15) is 5.10 Å². The maximum atomic E-state index is 5.97. The van der Waals surface area contributed by atoms with Gasteiger partial charge < -0.3 is 0 Å². The largest absolute Gasteiger partial charge is 0.233 e. The minimum atomic E-state index is 0.00916. The van der Waals surface area contributed by atoms with Crippen LogP contribution in [0.25, 0.3) is 16.8 Å². The number of rotatable bonds is 1. The Morgan fingerprint density at radius 3 is 2.38 bits per heavy atom. The summed E-state index contributed by atoms with van der Waals surface area (Å²) in [7, 11) is 0. The molecule has 3 rings (SSSR count). The van der Waals surface area contributed by atoms with Gasteiger partial charge in [-0.15, -0.1) is 0 Å². The molecule has 0 saturated heterocycles. The van der Waals surface area contributed by atoms with Crippen molar-refractivity contribution in [2.75, 3.05) is 0 Å². The van der Waals surface area contributed by atoms with Gasteiger partial charge in [0.1, 0.15) is 0 Å². The summed E-state index contributed by atoms with van der Waals surface area (Å²) in [6.07, 6.45) is 1.88. The van der Waals surface area contributed by atoms with Crippen LogP contribution in [0.3, 0.4) is 0 Å². The average Bonchev–Trinajstić information content (AvgIpc) is 2.81. The van der Waals surface area contributed by atoms with Crippen LogP contribution in [0.2, 0.25) is 5.02 Å². The van der Waals surface area contributed by atoms with E-state index in [1.165, 1.54) is 0 Å². The van der Waals surface area contributed by atoms with Gasteiger partial charge in [-0.25, -0.2) is 9.50 Å². The molecule has 0 spiro atoms. The number of hydrogen-bond acceptors (Lipinski definition) is 2. The highest BCUT2D eigenvalue weighted by Gasteiger charge is 2.21. The molecule has 0 amide bonds. The monoisotopic (exact) mass is 299 g/mol. The number of nitrogens with zero attached hydrogens (tertiary/aromatic N) is 3. The highest BCUT2D eigenvalue weighted by atomic mass is 35.5. The molecule has 3 aromatic rings. The van der Waals surface area contributed by atoms with Crippen LogP contribution >= 0.6 is 11.6 Å². The average molecular weight is 300 g/mol. The van der Waals surface area contributed by atoms with Crippen LogP contribution < -0.4 is 0 Å². The highest BCUT2D eigenvalue weighted by molar-refractivity contribution is 6.30. The summed E-state index contributed by atoms with van der Waals surface area (Å²) >= 11 is 5.97. The molecule has 3 nitrogen and oxygen atoms in total. The molecule has 2 aromatic heterocycles. The lowest BCUT2D eigenvalue weighted by atomic mass is 9.91. The Morgan fingerprint density at radius 1 is 1.10 bits per heavy atom. The minimum Gasteiger partial charge on any atom is -0.233 e. The molecule has 2 heterocycles. The summed E-state index contributed by atoms with van der Waals surface area (Å²) in [6, 6.07) is 9.88. The van der Waals surface area contributed by atoms with Gasteiger partial charge in [0.25, 0.3) is 0 Å². The Labute approximate surface area is 129 Å². The van der Waals surface area contributed by atoms with Gasteiger partial charge >= 0.3 is 0 Å². The third kappa shape index (κ3) is 2.54. The molecule has 0 aliphatic carbocycles. The van der Waals surface area contributed by atoms with Crippen LogP contribution in [0.1, 0.15) is 32.2 Å². The van der Waals surface area contributed by atoms with Crippen molar-refractivity contribution in [3.63, 3.8) is 0 Å². The number of aromatic nitrogens is 3. The lowest BCUT2D eigenvalue weighted by Crippen LogP contribution is -2.18. The van der Waals surface area contributed by atoms with E-state index in [0.29, 0.717) is 0 Å². The first-order chi connectivity index (χ1) is 9.86. The van der Waals surface area contributed by atoms with Gasteiger partial charge in [-0.3, -0.25) is 0 Å². The standard InChI is InChI=1S/C17H18ClN3/c1-11-9-15(17(2,3)4)21-16(20-11)14(10-19-21)12-5-7-13(18)8-6-12/h5-10H,1-4H3. The quantitative estimate of drug-likeness (QED) is 0.654. The maximum Gasteiger partial charge on any atom is 0.163 e. The van der Waals surface area contributed by atoms with Gasteiger partial charge in [0.2, 0.25) is 0 Å². The van der Waals surface area contributed by atoms with Gasteiger partial charge in [-0.05, 0) is 30.7 Å². The molecule has 21 heavy (non-hydrogen) atoms. The zero-order chi connectivity index (χ0) is 15.2. The molecule has 108 valence electrons. The van der Waals surface area contributed by atoms with Gasteiger partial charge in [-0.1, -0.05) is 44.5 Å². The molecule has 0 fully saturated rings. The molecular formula is C17H18ClN3. The molecule has 0 bridgehead atoms. The predicted octanol–water partition coefficient (Wildman–Crippen LogP) is 4.66.